The highest BCUT2D eigenvalue weighted by Crippen LogP contribution is 2.43. The minimum absolute atomic E-state index is 0.0193. The molecular formula is C21H29F3N4O5. The molecule has 9 nitrogen and oxygen atoms in total. The van der Waals surface area contributed by atoms with Crippen LogP contribution in [0, 0.1) is 26.2 Å². The van der Waals surface area contributed by atoms with Gasteiger partial charge in [-0.25, -0.2) is 4.79 Å². The van der Waals surface area contributed by atoms with E-state index in [9.17, 15) is 23.1 Å². The van der Waals surface area contributed by atoms with E-state index in [1.54, 1.807) is 9.80 Å². The van der Waals surface area contributed by atoms with Gasteiger partial charge in [0.2, 0.25) is 0 Å². The quantitative estimate of drug-likeness (QED) is 0.361. The van der Waals surface area contributed by atoms with Gasteiger partial charge in [-0.1, -0.05) is 0 Å². The van der Waals surface area contributed by atoms with E-state index in [1.165, 1.54) is 0 Å². The summed E-state index contributed by atoms with van der Waals surface area (Å²) in [4.78, 5) is 25.6. The first-order valence-electron chi connectivity index (χ1n) is 10.3. The lowest BCUT2D eigenvalue weighted by Gasteiger charge is -2.42. The normalized spacial score (nSPS) is 20.2. The molecule has 3 rings (SSSR count). The number of fused-ring (bicyclic) bond motifs is 1. The SMILES string of the molecule is Cc1c(C)c2c(c(C)c1O)CCC(C)(C(=O)N1CCN(C(=N)N)CC1)O2.O=C(O)C(F)(F)F. The number of phenols is 1. The van der Waals surface area contributed by atoms with Crippen molar-refractivity contribution in [2.24, 2.45) is 5.73 Å². The number of nitrogens with one attached hydrogen (secondary N) is 1. The van der Waals surface area contributed by atoms with Crippen molar-refractivity contribution in [3.63, 3.8) is 0 Å². The maximum Gasteiger partial charge on any atom is 0.490 e. The number of nitrogens with two attached hydrogens (primary N) is 1. The van der Waals surface area contributed by atoms with Crippen molar-refractivity contribution in [3.05, 3.63) is 22.3 Å². The lowest BCUT2D eigenvalue weighted by molar-refractivity contribution is -0.192. The van der Waals surface area contributed by atoms with Crippen molar-refractivity contribution in [2.45, 2.75) is 52.3 Å². The lowest BCUT2D eigenvalue weighted by Crippen LogP contribution is -2.59. The standard InChI is InChI=1S/C19H28N4O3.C2HF3O2/c1-11-12(2)16-14(13(3)15(11)24)5-6-19(4,26-16)17(25)22-7-9-23(10-8-22)18(20)21;3-2(4,5)1(6)7/h24H,5-10H2,1-4H3,(H3,20,21);(H,6,7). The number of hydrogen-bond acceptors (Lipinski definition) is 5. The molecule has 0 aliphatic carbocycles. The number of amides is 1. The monoisotopic (exact) mass is 474 g/mol. The number of ether oxygens (including phenoxy) is 1. The van der Waals surface area contributed by atoms with Crippen molar-refractivity contribution < 1.29 is 37.7 Å². The fourth-order valence-electron chi connectivity index (χ4n) is 3.88. The average Bonchev–Trinajstić information content (AvgIpc) is 2.75. The Morgan fingerprint density at radius 3 is 2.00 bits per heavy atom. The van der Waals surface area contributed by atoms with Gasteiger partial charge in [-0.2, -0.15) is 13.2 Å². The van der Waals surface area contributed by atoms with E-state index >= 15 is 0 Å². The summed E-state index contributed by atoms with van der Waals surface area (Å²) >= 11 is 0. The molecule has 1 saturated heterocycles. The Balaban J connectivity index is 0.000000479. The molecule has 0 saturated carbocycles. The Bertz CT molecular complexity index is 958. The largest absolute Gasteiger partial charge is 0.507 e. The first-order valence-corrected chi connectivity index (χ1v) is 10.3. The number of carbonyl (C=O) groups excluding carboxylic acids is 1. The molecule has 5 N–H and O–H groups in total. The number of carbonyl (C=O) groups is 2. The maximum absolute atomic E-state index is 13.2. The van der Waals surface area contributed by atoms with Gasteiger partial charge in [0.25, 0.3) is 5.91 Å². The van der Waals surface area contributed by atoms with E-state index in [4.69, 9.17) is 25.8 Å². The van der Waals surface area contributed by atoms with Crippen LogP contribution in [0.15, 0.2) is 0 Å². The fourth-order valence-corrected chi connectivity index (χ4v) is 3.88. The molecule has 1 aromatic rings. The van der Waals surface area contributed by atoms with Gasteiger partial charge < -0.3 is 30.5 Å². The molecule has 1 fully saturated rings. The average molecular weight is 474 g/mol. The van der Waals surface area contributed by atoms with Crippen molar-refractivity contribution in [2.75, 3.05) is 26.2 Å². The van der Waals surface area contributed by atoms with Crippen molar-refractivity contribution in [1.29, 1.82) is 5.41 Å². The molecular weight excluding hydrogens is 445 g/mol. The van der Waals surface area contributed by atoms with Gasteiger partial charge in [-0.05, 0) is 50.8 Å². The number of phenolic OH excluding ortho intramolecular Hbond substituents is 1. The summed E-state index contributed by atoms with van der Waals surface area (Å²) in [7, 11) is 0. The molecule has 0 radical (unpaired) electrons. The second-order valence-electron chi connectivity index (χ2n) is 8.33. The molecule has 33 heavy (non-hydrogen) atoms. The Kier molecular flexibility index (Phi) is 7.39. The van der Waals surface area contributed by atoms with Gasteiger partial charge in [0.1, 0.15) is 11.5 Å². The zero-order valence-corrected chi connectivity index (χ0v) is 19.0. The smallest absolute Gasteiger partial charge is 0.490 e. The summed E-state index contributed by atoms with van der Waals surface area (Å²) in [6.45, 7) is 9.76. The molecule has 1 aromatic carbocycles. The van der Waals surface area contributed by atoms with E-state index in [-0.39, 0.29) is 11.9 Å². The number of hydrogen-bond donors (Lipinski definition) is 4. The number of alkyl halides is 3. The van der Waals surface area contributed by atoms with Crippen LogP contribution >= 0.6 is 0 Å². The van der Waals surface area contributed by atoms with E-state index in [2.05, 4.69) is 0 Å². The predicted octanol–water partition coefficient (Wildman–Crippen LogP) is 2.07. The minimum atomic E-state index is -5.08. The Hall–Kier alpha value is -3.18. The van der Waals surface area contributed by atoms with Gasteiger partial charge in [0.15, 0.2) is 11.6 Å². The third-order valence-corrected chi connectivity index (χ3v) is 6.12. The molecule has 2 aliphatic rings. The minimum Gasteiger partial charge on any atom is -0.507 e. The van der Waals surface area contributed by atoms with E-state index < -0.39 is 17.7 Å². The number of carboxylic acid groups (broad SMARTS) is 1. The highest BCUT2D eigenvalue weighted by molar-refractivity contribution is 5.86. The number of benzene rings is 1. The molecule has 1 unspecified atom stereocenters. The third-order valence-electron chi connectivity index (χ3n) is 6.12. The summed E-state index contributed by atoms with van der Waals surface area (Å²) in [6.07, 6.45) is -3.81. The highest BCUT2D eigenvalue weighted by Gasteiger charge is 2.43. The van der Waals surface area contributed by atoms with E-state index in [1.807, 2.05) is 27.7 Å². The second-order valence-corrected chi connectivity index (χ2v) is 8.33. The number of halogens is 3. The van der Waals surface area contributed by atoms with Crippen LogP contribution in [0.1, 0.15) is 35.6 Å². The predicted molar refractivity (Wildman–Crippen MR) is 113 cm³/mol. The molecule has 0 spiro atoms. The number of guanidine groups is 1. The number of carboxylic acids is 1. The summed E-state index contributed by atoms with van der Waals surface area (Å²) in [6, 6.07) is 0. The second kappa shape index (κ2) is 9.36. The fraction of sp³-hybridized carbons (Fsp3) is 0.571. The van der Waals surface area contributed by atoms with Gasteiger partial charge in [-0.15, -0.1) is 0 Å². The third kappa shape index (κ3) is 5.42. The molecule has 12 heteroatoms. The summed E-state index contributed by atoms with van der Waals surface area (Å²) < 4.78 is 38.0. The molecule has 2 heterocycles. The summed E-state index contributed by atoms with van der Waals surface area (Å²) in [5.74, 6) is -1.67. The van der Waals surface area contributed by atoms with E-state index in [0.717, 1.165) is 28.0 Å². The van der Waals surface area contributed by atoms with Crippen LogP contribution in [0.3, 0.4) is 0 Å². The van der Waals surface area contributed by atoms with Gasteiger partial charge in [-0.3, -0.25) is 10.2 Å². The van der Waals surface area contributed by atoms with Crippen LogP contribution in [0.25, 0.3) is 0 Å². The van der Waals surface area contributed by atoms with Crippen molar-refractivity contribution in [3.8, 4) is 11.5 Å². The molecule has 0 bridgehead atoms. The first-order chi connectivity index (χ1) is 15.1. The highest BCUT2D eigenvalue weighted by atomic mass is 19.4. The van der Waals surface area contributed by atoms with Crippen LogP contribution in [-0.4, -0.2) is 75.8 Å². The van der Waals surface area contributed by atoms with Crippen LogP contribution in [0.4, 0.5) is 13.2 Å². The van der Waals surface area contributed by atoms with E-state index in [0.29, 0.717) is 44.8 Å². The van der Waals surface area contributed by atoms with Crippen LogP contribution in [0.5, 0.6) is 11.5 Å². The van der Waals surface area contributed by atoms with Gasteiger partial charge in [0, 0.05) is 38.2 Å². The number of piperazine rings is 1. The summed E-state index contributed by atoms with van der Waals surface area (Å²) in [5, 5.41) is 24.9. The molecule has 184 valence electrons. The molecule has 2 aliphatic heterocycles. The van der Waals surface area contributed by atoms with Crippen LogP contribution < -0.4 is 10.5 Å². The van der Waals surface area contributed by atoms with Gasteiger partial charge in [0.05, 0.1) is 0 Å². The Morgan fingerprint density at radius 1 is 1.06 bits per heavy atom. The first kappa shape index (κ1) is 26.1. The van der Waals surface area contributed by atoms with Crippen molar-refractivity contribution in [1.82, 2.24) is 9.80 Å². The lowest BCUT2D eigenvalue weighted by atomic mass is 9.86. The maximum atomic E-state index is 13.2. The zero-order valence-electron chi connectivity index (χ0n) is 19.0. The van der Waals surface area contributed by atoms with Gasteiger partial charge >= 0.3 is 12.1 Å². The number of aromatic hydroxyl groups is 1. The molecule has 0 aromatic heterocycles. The number of rotatable bonds is 1. The molecule has 1 amide bonds. The number of nitrogens with zero attached hydrogens (tertiary/aromatic N) is 2. The topological polar surface area (TPSA) is 140 Å². The number of aliphatic carboxylic acids is 1. The van der Waals surface area contributed by atoms with Crippen LogP contribution in [-0.2, 0) is 16.0 Å². The Labute approximate surface area is 189 Å². The van der Waals surface area contributed by atoms with Crippen molar-refractivity contribution >= 4 is 17.8 Å². The van der Waals surface area contributed by atoms with Crippen LogP contribution in [0.2, 0.25) is 0 Å². The summed E-state index contributed by atoms with van der Waals surface area (Å²) in [5.41, 5.74) is 8.15. The zero-order chi connectivity index (χ0) is 25.3. The Morgan fingerprint density at radius 2 is 1.55 bits per heavy atom. The molecule has 1 atom stereocenters.